The van der Waals surface area contributed by atoms with Gasteiger partial charge in [0.2, 0.25) is 0 Å². The highest BCUT2D eigenvalue weighted by Crippen LogP contribution is 2.26. The molecule has 2 heterocycles. The molecule has 0 atom stereocenters. The lowest BCUT2D eigenvalue weighted by Crippen LogP contribution is -2.46. The van der Waals surface area contributed by atoms with Crippen molar-refractivity contribution in [1.82, 2.24) is 9.47 Å². The van der Waals surface area contributed by atoms with Crippen LogP contribution in [-0.4, -0.2) is 54.8 Å². The Hall–Kier alpha value is -3.00. The number of hydrogen-bond donors (Lipinski definition) is 0. The van der Waals surface area contributed by atoms with E-state index in [-0.39, 0.29) is 5.75 Å². The summed E-state index contributed by atoms with van der Waals surface area (Å²) in [6.45, 7) is 5.53. The van der Waals surface area contributed by atoms with E-state index < -0.39 is 6.36 Å². The van der Waals surface area contributed by atoms with Crippen LogP contribution >= 0.6 is 0 Å². The van der Waals surface area contributed by atoms with Crippen LogP contribution in [0.2, 0.25) is 0 Å². The van der Waals surface area contributed by atoms with Crippen molar-refractivity contribution in [2.75, 3.05) is 37.6 Å². The second kappa shape index (κ2) is 9.65. The number of carbonyl (C=O) groups is 1. The van der Waals surface area contributed by atoms with Gasteiger partial charge in [0, 0.05) is 61.1 Å². The molecule has 1 aliphatic heterocycles. The molecule has 4 rings (SSSR count). The van der Waals surface area contributed by atoms with E-state index >= 15 is 0 Å². The van der Waals surface area contributed by atoms with Gasteiger partial charge in [0.1, 0.15) is 12.0 Å². The Kier molecular flexibility index (Phi) is 6.69. The highest BCUT2D eigenvalue weighted by Gasteiger charge is 2.31. The number of fused-ring (bicyclic) bond motifs is 1. The van der Waals surface area contributed by atoms with Crippen molar-refractivity contribution >= 4 is 22.9 Å². The van der Waals surface area contributed by atoms with Crippen molar-refractivity contribution < 1.29 is 22.7 Å². The zero-order valence-corrected chi connectivity index (χ0v) is 17.7. The number of hydrogen-bond acceptors (Lipinski definition) is 4. The minimum atomic E-state index is -4.67. The lowest BCUT2D eigenvalue weighted by atomic mass is 10.2. The Bertz CT molecular complexity index is 1040. The predicted octanol–water partition coefficient (Wildman–Crippen LogP) is 4.95. The Labute approximate surface area is 185 Å². The van der Waals surface area contributed by atoms with Gasteiger partial charge in [-0.2, -0.15) is 0 Å². The van der Waals surface area contributed by atoms with E-state index in [4.69, 9.17) is 0 Å². The van der Waals surface area contributed by atoms with Crippen LogP contribution in [0.25, 0.3) is 10.9 Å². The first kappa shape index (κ1) is 22.2. The fraction of sp³-hybridized carbons (Fsp3) is 0.375. The van der Waals surface area contributed by atoms with Gasteiger partial charge < -0.3 is 14.2 Å². The summed E-state index contributed by atoms with van der Waals surface area (Å²) in [5.74, 6) is -0.195. The summed E-state index contributed by atoms with van der Waals surface area (Å²) in [6.07, 6.45) is 0.439. The van der Waals surface area contributed by atoms with Gasteiger partial charge in [0.15, 0.2) is 0 Å². The molecule has 8 heteroatoms. The van der Waals surface area contributed by atoms with Crippen LogP contribution in [0.5, 0.6) is 5.75 Å². The van der Waals surface area contributed by atoms with Gasteiger partial charge in [-0.1, -0.05) is 0 Å². The first-order valence-electron chi connectivity index (χ1n) is 10.8. The number of anilines is 1. The maximum atomic E-state index is 12.3. The quantitative estimate of drug-likeness (QED) is 0.363. The Morgan fingerprint density at radius 3 is 2.31 bits per heavy atom. The molecule has 1 saturated heterocycles. The molecule has 2 aromatic carbocycles. The number of carbonyl (C=O) groups excluding carboxylic acids is 1. The third-order valence-electron chi connectivity index (χ3n) is 5.86. The van der Waals surface area contributed by atoms with Gasteiger partial charge in [0.25, 0.3) is 0 Å². The zero-order valence-electron chi connectivity index (χ0n) is 17.7. The largest absolute Gasteiger partial charge is 0.573 e. The number of nitrogens with zero attached hydrogens (tertiary/aromatic N) is 3. The number of rotatable bonds is 8. The number of ether oxygens (including phenoxy) is 1. The SMILES string of the molecule is O=Cc1ccc2c(ccn2CCCCN2CCN(c3ccc(OC(F)(F)F)cc3)CC2)c1. The molecular weight excluding hydrogens is 419 g/mol. The zero-order chi connectivity index (χ0) is 22.6. The average Bonchev–Trinajstić information content (AvgIpc) is 3.19. The number of piperazine rings is 1. The molecule has 0 spiro atoms. The molecule has 5 nitrogen and oxygen atoms in total. The third-order valence-corrected chi connectivity index (χ3v) is 5.86. The molecule has 1 aliphatic rings. The number of halogens is 3. The fourth-order valence-corrected chi connectivity index (χ4v) is 4.19. The van der Waals surface area contributed by atoms with E-state index in [0.717, 1.165) is 75.0 Å². The van der Waals surface area contributed by atoms with Crippen LogP contribution in [0.4, 0.5) is 18.9 Å². The molecule has 0 amide bonds. The van der Waals surface area contributed by atoms with Crippen LogP contribution in [0.15, 0.2) is 54.7 Å². The maximum absolute atomic E-state index is 12.3. The minimum Gasteiger partial charge on any atom is -0.406 e. The monoisotopic (exact) mass is 445 g/mol. The van der Waals surface area contributed by atoms with E-state index in [9.17, 15) is 18.0 Å². The molecule has 1 aromatic heterocycles. The maximum Gasteiger partial charge on any atom is 0.573 e. The van der Waals surface area contributed by atoms with E-state index in [1.165, 1.54) is 12.1 Å². The number of alkyl halides is 3. The van der Waals surface area contributed by atoms with Crippen LogP contribution in [0.1, 0.15) is 23.2 Å². The van der Waals surface area contributed by atoms with Crippen molar-refractivity contribution in [3.8, 4) is 5.75 Å². The topological polar surface area (TPSA) is 37.7 Å². The highest BCUT2D eigenvalue weighted by molar-refractivity contribution is 5.87. The van der Waals surface area contributed by atoms with E-state index in [1.54, 1.807) is 12.1 Å². The van der Waals surface area contributed by atoms with Gasteiger partial charge >= 0.3 is 6.36 Å². The van der Waals surface area contributed by atoms with Crippen molar-refractivity contribution in [2.24, 2.45) is 0 Å². The second-order valence-electron chi connectivity index (χ2n) is 8.02. The summed E-state index contributed by atoms with van der Waals surface area (Å²) in [5, 5.41) is 1.09. The second-order valence-corrected chi connectivity index (χ2v) is 8.02. The lowest BCUT2D eigenvalue weighted by Gasteiger charge is -2.36. The molecule has 0 N–H and O–H groups in total. The van der Waals surface area contributed by atoms with Crippen LogP contribution in [0.3, 0.4) is 0 Å². The van der Waals surface area contributed by atoms with Gasteiger partial charge in [-0.05, 0) is 67.9 Å². The van der Waals surface area contributed by atoms with Crippen molar-refractivity contribution in [1.29, 1.82) is 0 Å². The van der Waals surface area contributed by atoms with Gasteiger partial charge in [0.05, 0.1) is 0 Å². The number of unbranched alkanes of at least 4 members (excludes halogenated alkanes) is 1. The Morgan fingerprint density at radius 2 is 1.62 bits per heavy atom. The standard InChI is InChI=1S/C24H26F3N3O2/c25-24(26,27)32-22-6-4-21(5-7-22)29-15-13-28(14-16-29)10-1-2-11-30-12-9-20-17-19(18-31)3-8-23(20)30/h3-9,12,17-18H,1-2,10-11,13-16H2. The van der Waals surface area contributed by atoms with Crippen molar-refractivity contribution in [2.45, 2.75) is 25.7 Å². The average molecular weight is 445 g/mol. The number of aldehydes is 1. The third kappa shape index (κ3) is 5.62. The summed E-state index contributed by atoms with van der Waals surface area (Å²) in [7, 11) is 0. The van der Waals surface area contributed by atoms with Gasteiger partial charge in [-0.15, -0.1) is 13.2 Å². The number of aryl methyl sites for hydroxylation is 1. The van der Waals surface area contributed by atoms with Gasteiger partial charge in [-0.3, -0.25) is 9.69 Å². The minimum absolute atomic E-state index is 0.195. The van der Waals surface area contributed by atoms with Crippen LogP contribution in [0, 0.1) is 0 Å². The molecule has 0 bridgehead atoms. The molecule has 170 valence electrons. The van der Waals surface area contributed by atoms with E-state index in [2.05, 4.69) is 25.3 Å². The summed E-state index contributed by atoms with van der Waals surface area (Å²) in [6, 6.07) is 13.9. The predicted molar refractivity (Wildman–Crippen MR) is 118 cm³/mol. The number of benzene rings is 2. The Balaban J connectivity index is 1.19. The van der Waals surface area contributed by atoms with Crippen LogP contribution in [-0.2, 0) is 6.54 Å². The van der Waals surface area contributed by atoms with Crippen LogP contribution < -0.4 is 9.64 Å². The smallest absolute Gasteiger partial charge is 0.406 e. The van der Waals surface area contributed by atoms with Gasteiger partial charge in [-0.25, -0.2) is 0 Å². The molecule has 0 radical (unpaired) electrons. The normalized spacial score (nSPS) is 15.3. The van der Waals surface area contributed by atoms with Crippen molar-refractivity contribution in [3.05, 3.63) is 60.3 Å². The van der Waals surface area contributed by atoms with E-state index in [1.807, 2.05) is 24.3 Å². The lowest BCUT2D eigenvalue weighted by molar-refractivity contribution is -0.274. The molecular formula is C24H26F3N3O2. The highest BCUT2D eigenvalue weighted by atomic mass is 19.4. The molecule has 0 aliphatic carbocycles. The molecule has 0 saturated carbocycles. The fourth-order valence-electron chi connectivity index (χ4n) is 4.19. The summed E-state index contributed by atoms with van der Waals surface area (Å²) in [5.41, 5.74) is 2.76. The Morgan fingerprint density at radius 1 is 0.906 bits per heavy atom. The molecule has 32 heavy (non-hydrogen) atoms. The summed E-state index contributed by atoms with van der Waals surface area (Å²) in [4.78, 5) is 15.5. The first-order chi connectivity index (χ1) is 15.4. The summed E-state index contributed by atoms with van der Waals surface area (Å²) < 4.78 is 43.0. The molecule has 0 unspecified atom stereocenters. The van der Waals surface area contributed by atoms with Crippen molar-refractivity contribution in [3.63, 3.8) is 0 Å². The number of aromatic nitrogens is 1. The molecule has 3 aromatic rings. The first-order valence-corrected chi connectivity index (χ1v) is 10.8. The molecule has 1 fully saturated rings. The van der Waals surface area contributed by atoms with E-state index in [0.29, 0.717) is 5.56 Å². The summed E-state index contributed by atoms with van der Waals surface area (Å²) >= 11 is 0.